The zero-order valence-electron chi connectivity index (χ0n) is 13.1. The van der Waals surface area contributed by atoms with Gasteiger partial charge < -0.3 is 5.32 Å². The lowest BCUT2D eigenvalue weighted by Crippen LogP contribution is -2.54. The summed E-state index contributed by atoms with van der Waals surface area (Å²) in [5.74, 6) is 2.12. The molecule has 3 unspecified atom stereocenters. The smallest absolute Gasteiger partial charge is 0.0183 e. The monoisotopic (exact) mass is 272 g/mol. The van der Waals surface area contributed by atoms with Crippen LogP contribution in [0.25, 0.3) is 0 Å². The van der Waals surface area contributed by atoms with Gasteiger partial charge in [-0.1, -0.05) is 6.92 Å². The molecule has 1 aliphatic carbocycles. The molecule has 108 valence electrons. The third-order valence-electron chi connectivity index (χ3n) is 4.20. The second-order valence-corrected chi connectivity index (χ2v) is 7.63. The summed E-state index contributed by atoms with van der Waals surface area (Å²) in [6.45, 7) is 10.3. The van der Waals surface area contributed by atoms with Crippen LogP contribution in [0.1, 0.15) is 47.0 Å². The van der Waals surface area contributed by atoms with Crippen LogP contribution in [0.4, 0.5) is 0 Å². The molecule has 0 aromatic rings. The Hall–Kier alpha value is 0.270. The first kappa shape index (κ1) is 16.3. The van der Waals surface area contributed by atoms with E-state index in [9.17, 15) is 0 Å². The third kappa shape index (κ3) is 4.75. The van der Waals surface area contributed by atoms with Crippen molar-refractivity contribution in [2.24, 2.45) is 5.92 Å². The van der Waals surface area contributed by atoms with Crippen LogP contribution in [0.5, 0.6) is 0 Å². The predicted molar refractivity (Wildman–Crippen MR) is 84.5 cm³/mol. The van der Waals surface area contributed by atoms with Gasteiger partial charge in [0.2, 0.25) is 0 Å². The quantitative estimate of drug-likeness (QED) is 0.766. The SMILES string of the molecule is CCC(CSC)N(C)C1CCC1CNC(C)(C)C. The van der Waals surface area contributed by atoms with Gasteiger partial charge in [-0.3, -0.25) is 4.90 Å². The Morgan fingerprint density at radius 2 is 2.00 bits per heavy atom. The van der Waals surface area contributed by atoms with Crippen molar-refractivity contribution in [3.8, 4) is 0 Å². The van der Waals surface area contributed by atoms with Crippen LogP contribution >= 0.6 is 11.8 Å². The van der Waals surface area contributed by atoms with Crippen molar-refractivity contribution in [2.75, 3.05) is 25.6 Å². The second kappa shape index (κ2) is 7.16. The van der Waals surface area contributed by atoms with Crippen molar-refractivity contribution in [1.29, 1.82) is 0 Å². The standard InChI is InChI=1S/C15H32N2S/c1-7-13(11-18-6)17(5)14-9-8-12(14)10-16-15(2,3)4/h12-14,16H,7-11H2,1-6H3. The average molecular weight is 273 g/mol. The minimum Gasteiger partial charge on any atom is -0.312 e. The van der Waals surface area contributed by atoms with E-state index in [1.807, 2.05) is 11.8 Å². The number of nitrogens with one attached hydrogen (secondary N) is 1. The van der Waals surface area contributed by atoms with Gasteiger partial charge in [-0.25, -0.2) is 0 Å². The van der Waals surface area contributed by atoms with Crippen molar-refractivity contribution in [3.05, 3.63) is 0 Å². The molecule has 2 nitrogen and oxygen atoms in total. The van der Waals surface area contributed by atoms with Gasteiger partial charge in [0.1, 0.15) is 0 Å². The molecule has 0 spiro atoms. The molecule has 3 atom stereocenters. The Balaban J connectivity index is 2.41. The molecule has 0 heterocycles. The van der Waals surface area contributed by atoms with Gasteiger partial charge in [0.25, 0.3) is 0 Å². The predicted octanol–water partition coefficient (Wildman–Crippen LogP) is 3.23. The summed E-state index contributed by atoms with van der Waals surface area (Å²) < 4.78 is 0. The first-order valence-electron chi connectivity index (χ1n) is 7.35. The number of hydrogen-bond donors (Lipinski definition) is 1. The summed E-state index contributed by atoms with van der Waals surface area (Å²) in [7, 11) is 2.33. The molecule has 1 fully saturated rings. The lowest BCUT2D eigenvalue weighted by atomic mass is 9.77. The normalized spacial score (nSPS) is 26.2. The summed E-state index contributed by atoms with van der Waals surface area (Å²) in [6.07, 6.45) is 6.27. The number of rotatable bonds is 7. The van der Waals surface area contributed by atoms with Gasteiger partial charge in [-0.2, -0.15) is 11.8 Å². The van der Waals surface area contributed by atoms with E-state index >= 15 is 0 Å². The molecule has 1 saturated carbocycles. The Bertz CT molecular complexity index is 237. The fourth-order valence-corrected chi connectivity index (χ4v) is 3.61. The van der Waals surface area contributed by atoms with E-state index in [1.54, 1.807) is 0 Å². The first-order valence-corrected chi connectivity index (χ1v) is 8.74. The van der Waals surface area contributed by atoms with Gasteiger partial charge >= 0.3 is 0 Å². The highest BCUT2D eigenvalue weighted by Crippen LogP contribution is 2.33. The molecule has 1 N–H and O–H groups in total. The van der Waals surface area contributed by atoms with Crippen molar-refractivity contribution in [3.63, 3.8) is 0 Å². The molecule has 1 rings (SSSR count). The Kier molecular flexibility index (Phi) is 6.49. The molecule has 1 aliphatic rings. The molecule has 0 saturated heterocycles. The zero-order chi connectivity index (χ0) is 13.8. The summed E-state index contributed by atoms with van der Waals surface area (Å²) in [5.41, 5.74) is 0.252. The minimum absolute atomic E-state index is 0.252. The summed E-state index contributed by atoms with van der Waals surface area (Å²) in [4.78, 5) is 2.65. The molecule has 0 aromatic heterocycles. The number of thioether (sulfide) groups is 1. The van der Waals surface area contributed by atoms with Crippen molar-refractivity contribution < 1.29 is 0 Å². The fourth-order valence-electron chi connectivity index (χ4n) is 2.75. The van der Waals surface area contributed by atoms with E-state index in [0.29, 0.717) is 0 Å². The van der Waals surface area contributed by atoms with Gasteiger partial charge in [-0.05, 0) is 65.8 Å². The van der Waals surface area contributed by atoms with E-state index in [0.717, 1.165) is 18.0 Å². The van der Waals surface area contributed by atoms with Crippen LogP contribution in [-0.2, 0) is 0 Å². The minimum atomic E-state index is 0.252. The fraction of sp³-hybridized carbons (Fsp3) is 1.00. The van der Waals surface area contributed by atoms with Crippen LogP contribution < -0.4 is 5.32 Å². The summed E-state index contributed by atoms with van der Waals surface area (Å²) in [6, 6.07) is 1.55. The Morgan fingerprint density at radius 1 is 1.33 bits per heavy atom. The number of hydrogen-bond acceptors (Lipinski definition) is 3. The molecule has 3 heteroatoms. The van der Waals surface area contributed by atoms with Gasteiger partial charge in [0.15, 0.2) is 0 Å². The van der Waals surface area contributed by atoms with Crippen LogP contribution in [0.2, 0.25) is 0 Å². The molecular formula is C15H32N2S. The molecule has 0 aromatic carbocycles. The van der Waals surface area contributed by atoms with Gasteiger partial charge in [0.05, 0.1) is 0 Å². The summed E-state index contributed by atoms with van der Waals surface area (Å²) in [5, 5.41) is 3.67. The molecule has 0 amide bonds. The van der Waals surface area contributed by atoms with Crippen LogP contribution in [0.15, 0.2) is 0 Å². The van der Waals surface area contributed by atoms with Crippen LogP contribution in [0.3, 0.4) is 0 Å². The maximum atomic E-state index is 3.67. The summed E-state index contributed by atoms with van der Waals surface area (Å²) >= 11 is 1.98. The molecule has 18 heavy (non-hydrogen) atoms. The molecular weight excluding hydrogens is 240 g/mol. The Labute approximate surface area is 118 Å². The van der Waals surface area contributed by atoms with Crippen molar-refractivity contribution in [2.45, 2.75) is 64.6 Å². The van der Waals surface area contributed by atoms with E-state index in [-0.39, 0.29) is 5.54 Å². The van der Waals surface area contributed by atoms with E-state index in [4.69, 9.17) is 0 Å². The molecule has 0 bridgehead atoms. The van der Waals surface area contributed by atoms with Gasteiger partial charge in [0, 0.05) is 23.4 Å². The average Bonchev–Trinajstić information content (AvgIpc) is 2.22. The maximum Gasteiger partial charge on any atom is 0.0183 e. The largest absolute Gasteiger partial charge is 0.312 e. The van der Waals surface area contributed by atoms with Crippen LogP contribution in [-0.4, -0.2) is 48.1 Å². The van der Waals surface area contributed by atoms with E-state index < -0.39 is 0 Å². The van der Waals surface area contributed by atoms with Gasteiger partial charge in [-0.15, -0.1) is 0 Å². The maximum absolute atomic E-state index is 3.67. The van der Waals surface area contributed by atoms with Crippen molar-refractivity contribution in [1.82, 2.24) is 10.2 Å². The lowest BCUT2D eigenvalue weighted by Gasteiger charge is -2.46. The molecule has 0 radical (unpaired) electrons. The lowest BCUT2D eigenvalue weighted by molar-refractivity contribution is 0.0522. The van der Waals surface area contributed by atoms with E-state index in [1.165, 1.54) is 31.6 Å². The third-order valence-corrected chi connectivity index (χ3v) is 4.92. The highest BCUT2D eigenvalue weighted by Gasteiger charge is 2.36. The number of nitrogens with zero attached hydrogens (tertiary/aromatic N) is 1. The molecule has 0 aliphatic heterocycles. The zero-order valence-corrected chi connectivity index (χ0v) is 13.9. The highest BCUT2D eigenvalue weighted by atomic mass is 32.2. The van der Waals surface area contributed by atoms with Crippen molar-refractivity contribution >= 4 is 11.8 Å². The van der Waals surface area contributed by atoms with Crippen LogP contribution in [0, 0.1) is 5.92 Å². The second-order valence-electron chi connectivity index (χ2n) is 6.72. The topological polar surface area (TPSA) is 15.3 Å². The van der Waals surface area contributed by atoms with E-state index in [2.05, 4.69) is 51.2 Å². The first-order chi connectivity index (χ1) is 8.39. The highest BCUT2D eigenvalue weighted by molar-refractivity contribution is 7.98. The Morgan fingerprint density at radius 3 is 2.39 bits per heavy atom.